The van der Waals surface area contributed by atoms with Crippen LogP contribution >= 0.6 is 0 Å². The highest BCUT2D eigenvalue weighted by atomic mass is 16.3. The minimum Gasteiger partial charge on any atom is -0.455 e. The summed E-state index contributed by atoms with van der Waals surface area (Å²) in [7, 11) is 0. The summed E-state index contributed by atoms with van der Waals surface area (Å²) in [6.07, 6.45) is 0. The highest BCUT2D eigenvalue weighted by molar-refractivity contribution is 7.00. The fraction of sp³-hybridized carbons (Fsp3) is 0.206. The van der Waals surface area contributed by atoms with E-state index in [0.29, 0.717) is 0 Å². The first-order valence-electron chi connectivity index (χ1n) is 26.1. The molecule has 11 aromatic rings. The van der Waals surface area contributed by atoms with Crippen LogP contribution in [0, 0.1) is 13.8 Å². The van der Waals surface area contributed by atoms with Gasteiger partial charge >= 0.3 is 0 Å². The van der Waals surface area contributed by atoms with Crippen LogP contribution in [0.1, 0.15) is 90.1 Å². The molecule has 2 aliphatic rings. The Balaban J connectivity index is 1.13. The van der Waals surface area contributed by atoms with Crippen LogP contribution in [-0.2, 0) is 16.2 Å². The molecule has 2 aliphatic heterocycles. The maximum absolute atomic E-state index is 6.58. The second-order valence-corrected chi connectivity index (χ2v) is 24.0. The zero-order chi connectivity index (χ0) is 50.5. The molecule has 358 valence electrons. The standard InChI is InChI=1S/C68H62BN3O/c1-41-19-17-20-42(2)64(41)72-59-40-57-53(52-35-44(66(3,4)5)30-34-56(52)70(57)47-21-13-12-14-22-47)39-55(59)69-54-33-29-45(67(6,7)8)36-58(54)71(60-37-46(68(9,10)11)38-61(72)63(60)69)48-31-27-43(28-32-48)49-24-18-25-51-50-23-15-16-26-62(50)73-65(49)51/h12-40H,1-11H3. The molecular formula is C68H62BN3O. The fourth-order valence-electron chi connectivity index (χ4n) is 12.2. The molecule has 0 N–H and O–H groups in total. The van der Waals surface area contributed by atoms with Crippen molar-refractivity contribution in [1.82, 2.24) is 4.57 Å². The third-order valence-corrected chi connectivity index (χ3v) is 16.1. The Bertz CT molecular complexity index is 4040. The molecule has 5 heteroatoms. The Morgan fingerprint density at radius 3 is 1.71 bits per heavy atom. The summed E-state index contributed by atoms with van der Waals surface area (Å²) in [5.41, 5.74) is 25.0. The molecule has 4 nitrogen and oxygen atoms in total. The van der Waals surface area contributed by atoms with E-state index in [0.717, 1.165) is 44.4 Å². The monoisotopic (exact) mass is 947 g/mol. The van der Waals surface area contributed by atoms with E-state index in [1.807, 2.05) is 6.07 Å². The van der Waals surface area contributed by atoms with Gasteiger partial charge < -0.3 is 18.8 Å². The first-order chi connectivity index (χ1) is 34.9. The minimum absolute atomic E-state index is 0.0170. The molecule has 0 radical (unpaired) electrons. The zero-order valence-corrected chi connectivity index (χ0v) is 44.1. The Labute approximate surface area is 430 Å². The number of aryl methyl sites for hydroxylation is 2. The molecule has 4 heterocycles. The first-order valence-corrected chi connectivity index (χ1v) is 26.1. The van der Waals surface area contributed by atoms with Crippen molar-refractivity contribution in [2.24, 2.45) is 0 Å². The van der Waals surface area contributed by atoms with Gasteiger partial charge in [0.2, 0.25) is 0 Å². The van der Waals surface area contributed by atoms with Gasteiger partial charge in [0, 0.05) is 61.2 Å². The van der Waals surface area contributed by atoms with Gasteiger partial charge in [-0.3, -0.25) is 0 Å². The number of anilines is 6. The quantitative estimate of drug-likeness (QED) is 0.164. The van der Waals surface area contributed by atoms with E-state index < -0.39 is 0 Å². The van der Waals surface area contributed by atoms with Gasteiger partial charge in [-0.25, -0.2) is 0 Å². The second-order valence-electron chi connectivity index (χ2n) is 24.0. The van der Waals surface area contributed by atoms with Crippen LogP contribution in [0.25, 0.3) is 60.6 Å². The van der Waals surface area contributed by atoms with E-state index >= 15 is 0 Å². The first kappa shape index (κ1) is 45.1. The van der Waals surface area contributed by atoms with Gasteiger partial charge in [0.1, 0.15) is 11.2 Å². The van der Waals surface area contributed by atoms with E-state index in [-0.39, 0.29) is 23.0 Å². The number of rotatable bonds is 4. The Morgan fingerprint density at radius 1 is 0.411 bits per heavy atom. The third-order valence-electron chi connectivity index (χ3n) is 16.1. The molecule has 9 aromatic carbocycles. The highest BCUT2D eigenvalue weighted by Gasteiger charge is 2.45. The summed E-state index contributed by atoms with van der Waals surface area (Å²) in [5.74, 6) is 0. The van der Waals surface area contributed by atoms with Crippen LogP contribution in [0.4, 0.5) is 34.1 Å². The van der Waals surface area contributed by atoms with Gasteiger partial charge in [-0.05, 0) is 147 Å². The van der Waals surface area contributed by atoms with Crippen molar-refractivity contribution < 1.29 is 4.42 Å². The van der Waals surface area contributed by atoms with Crippen LogP contribution in [-0.4, -0.2) is 11.3 Å². The van der Waals surface area contributed by atoms with Crippen molar-refractivity contribution in [3.05, 3.63) is 204 Å². The van der Waals surface area contributed by atoms with Crippen molar-refractivity contribution in [3.8, 4) is 16.8 Å². The molecule has 13 rings (SSSR count). The van der Waals surface area contributed by atoms with Crippen molar-refractivity contribution in [3.63, 3.8) is 0 Å². The van der Waals surface area contributed by atoms with Crippen LogP contribution in [0.15, 0.2) is 180 Å². The average molecular weight is 948 g/mol. The maximum atomic E-state index is 6.58. The predicted molar refractivity (Wildman–Crippen MR) is 313 cm³/mol. The lowest BCUT2D eigenvalue weighted by molar-refractivity contribution is 0.590. The lowest BCUT2D eigenvalue weighted by Crippen LogP contribution is -2.61. The molecule has 0 unspecified atom stereocenters. The van der Waals surface area contributed by atoms with Crippen molar-refractivity contribution >= 4 is 101 Å². The van der Waals surface area contributed by atoms with Gasteiger partial charge in [0.05, 0.1) is 16.7 Å². The number of furan rings is 1. The van der Waals surface area contributed by atoms with Gasteiger partial charge in [-0.2, -0.15) is 0 Å². The largest absolute Gasteiger partial charge is 0.455 e. The number of aromatic nitrogens is 1. The minimum atomic E-state index is -0.156. The van der Waals surface area contributed by atoms with Gasteiger partial charge in [-0.15, -0.1) is 0 Å². The summed E-state index contributed by atoms with van der Waals surface area (Å²) in [5, 5.41) is 4.83. The normalized spacial score (nSPS) is 13.6. The number of nitrogens with zero attached hydrogens (tertiary/aromatic N) is 3. The lowest BCUT2D eigenvalue weighted by atomic mass is 9.33. The van der Waals surface area contributed by atoms with E-state index in [9.17, 15) is 0 Å². The number of para-hydroxylation sites is 4. The summed E-state index contributed by atoms with van der Waals surface area (Å²) in [6, 6.07) is 66.5. The van der Waals surface area contributed by atoms with Crippen molar-refractivity contribution in [2.45, 2.75) is 92.4 Å². The molecule has 0 amide bonds. The van der Waals surface area contributed by atoms with Crippen LogP contribution in [0.3, 0.4) is 0 Å². The molecule has 0 fully saturated rings. The SMILES string of the molecule is Cc1cccc(C)c1N1c2cc3c(cc2B2c4ccc(C(C)(C)C)cc4N(c4ccc(-c5cccc6c5oc5ccccc56)cc4)c4cc(C(C)(C)C)cc1c42)c1cc(C(C)(C)C)ccc1n3-c1ccccc1. The van der Waals surface area contributed by atoms with Gasteiger partial charge in [0.25, 0.3) is 6.71 Å². The summed E-state index contributed by atoms with van der Waals surface area (Å²) in [4.78, 5) is 5.23. The summed E-state index contributed by atoms with van der Waals surface area (Å²) in [6.45, 7) is 25.6. The van der Waals surface area contributed by atoms with E-state index in [1.54, 1.807) is 0 Å². The van der Waals surface area contributed by atoms with Crippen LogP contribution in [0.5, 0.6) is 0 Å². The Hall–Kier alpha value is -7.76. The van der Waals surface area contributed by atoms with Crippen LogP contribution < -0.4 is 26.2 Å². The third kappa shape index (κ3) is 6.95. The van der Waals surface area contributed by atoms with Gasteiger partial charge in [-0.1, -0.05) is 172 Å². The number of benzene rings is 9. The molecule has 0 bridgehead atoms. The summed E-state index contributed by atoms with van der Waals surface area (Å²) < 4.78 is 9.08. The molecule has 0 saturated heterocycles. The highest BCUT2D eigenvalue weighted by Crippen LogP contribution is 2.50. The lowest BCUT2D eigenvalue weighted by Gasteiger charge is -2.46. The molecule has 0 aliphatic carbocycles. The molecular weight excluding hydrogens is 886 g/mol. The van der Waals surface area contributed by atoms with Crippen molar-refractivity contribution in [2.75, 3.05) is 9.80 Å². The topological polar surface area (TPSA) is 24.6 Å². The second kappa shape index (κ2) is 15.9. The molecule has 0 spiro atoms. The number of hydrogen-bond donors (Lipinski definition) is 0. The zero-order valence-electron chi connectivity index (χ0n) is 44.1. The number of hydrogen-bond acceptors (Lipinski definition) is 3. The molecule has 73 heavy (non-hydrogen) atoms. The van der Waals surface area contributed by atoms with Gasteiger partial charge in [0.15, 0.2) is 0 Å². The molecule has 0 saturated carbocycles. The van der Waals surface area contributed by atoms with Crippen LogP contribution in [0.2, 0.25) is 0 Å². The van der Waals surface area contributed by atoms with E-state index in [4.69, 9.17) is 4.42 Å². The van der Waals surface area contributed by atoms with Crippen molar-refractivity contribution in [1.29, 1.82) is 0 Å². The smallest absolute Gasteiger partial charge is 0.252 e. The van der Waals surface area contributed by atoms with E-state index in [1.165, 1.54) is 94.4 Å². The van der Waals surface area contributed by atoms with E-state index in [2.05, 4.69) is 260 Å². The Kier molecular flexibility index (Phi) is 9.81. The molecule has 2 aromatic heterocycles. The summed E-state index contributed by atoms with van der Waals surface area (Å²) >= 11 is 0. The Morgan fingerprint density at radius 2 is 1.00 bits per heavy atom. The predicted octanol–water partition coefficient (Wildman–Crippen LogP) is 16.9. The maximum Gasteiger partial charge on any atom is 0.252 e. The fourth-order valence-corrected chi connectivity index (χ4v) is 12.2. The average Bonchev–Trinajstić information content (AvgIpc) is 3.91. The number of fused-ring (bicyclic) bond motifs is 10. The molecule has 0 atom stereocenters.